The Morgan fingerprint density at radius 3 is 2.67 bits per heavy atom. The molecule has 0 bridgehead atoms. The molecule has 1 heterocycles. The van der Waals surface area contributed by atoms with Gasteiger partial charge < -0.3 is 5.32 Å². The predicted octanol–water partition coefficient (Wildman–Crippen LogP) is 2.66. The van der Waals surface area contributed by atoms with E-state index in [2.05, 4.69) is 38.5 Å². The Balaban J connectivity index is 1.80. The first-order chi connectivity index (χ1) is 8.70. The number of halogens is 1. The van der Waals surface area contributed by atoms with Gasteiger partial charge >= 0.3 is 0 Å². The third-order valence-corrected chi connectivity index (χ3v) is 5.05. The second-order valence-corrected chi connectivity index (χ2v) is 6.56. The van der Waals surface area contributed by atoms with E-state index in [9.17, 15) is 0 Å². The molecule has 0 amide bonds. The number of hydrogen-bond donors (Lipinski definition) is 1. The summed E-state index contributed by atoms with van der Waals surface area (Å²) in [6, 6.07) is 0.409. The van der Waals surface area contributed by atoms with Crippen LogP contribution in [0.2, 0.25) is 0 Å². The molecular weight excluding hydrogens is 292 g/mol. The van der Waals surface area contributed by atoms with Crippen molar-refractivity contribution in [2.24, 2.45) is 24.8 Å². The number of hydrogen-bond acceptors (Lipinski definition) is 3. The molecular formula is C13H21BrN4. The van der Waals surface area contributed by atoms with Crippen LogP contribution in [-0.2, 0) is 7.05 Å². The summed E-state index contributed by atoms with van der Waals surface area (Å²) in [7, 11) is 1.99. The Labute approximate surface area is 117 Å². The van der Waals surface area contributed by atoms with Gasteiger partial charge in [0.15, 0.2) is 4.60 Å². The fourth-order valence-electron chi connectivity index (χ4n) is 3.49. The molecule has 2 aliphatic rings. The van der Waals surface area contributed by atoms with Crippen LogP contribution in [0.5, 0.6) is 0 Å². The van der Waals surface area contributed by atoms with Crippen LogP contribution in [0, 0.1) is 17.8 Å². The van der Waals surface area contributed by atoms with Gasteiger partial charge in [-0.1, -0.05) is 12.1 Å². The summed E-state index contributed by atoms with van der Waals surface area (Å²) in [4.78, 5) is 0. The highest BCUT2D eigenvalue weighted by Gasteiger charge is 2.48. The molecule has 100 valence electrons. The smallest absolute Gasteiger partial charge is 0.153 e. The molecule has 2 saturated carbocycles. The summed E-state index contributed by atoms with van der Waals surface area (Å²) < 4.78 is 2.82. The van der Waals surface area contributed by atoms with E-state index in [0.29, 0.717) is 6.04 Å². The summed E-state index contributed by atoms with van der Waals surface area (Å²) >= 11 is 3.55. The van der Waals surface area contributed by atoms with E-state index in [0.717, 1.165) is 28.9 Å². The fourth-order valence-corrected chi connectivity index (χ4v) is 4.06. The molecule has 4 nitrogen and oxygen atoms in total. The normalized spacial score (nSPS) is 31.4. The highest BCUT2D eigenvalue weighted by molar-refractivity contribution is 9.10. The van der Waals surface area contributed by atoms with Gasteiger partial charge in [-0.05, 0) is 65.9 Å². The van der Waals surface area contributed by atoms with E-state index in [4.69, 9.17) is 0 Å². The van der Waals surface area contributed by atoms with Gasteiger partial charge in [-0.25, -0.2) is 4.68 Å². The van der Waals surface area contributed by atoms with Crippen molar-refractivity contribution >= 4 is 15.9 Å². The molecule has 0 saturated heterocycles. The van der Waals surface area contributed by atoms with Crippen molar-refractivity contribution in [2.75, 3.05) is 6.54 Å². The maximum atomic E-state index is 4.14. The summed E-state index contributed by atoms with van der Waals surface area (Å²) in [6.07, 6.45) is 5.40. The van der Waals surface area contributed by atoms with E-state index in [1.165, 1.54) is 31.4 Å². The van der Waals surface area contributed by atoms with Gasteiger partial charge in [-0.15, -0.1) is 5.10 Å². The maximum Gasteiger partial charge on any atom is 0.153 e. The van der Waals surface area contributed by atoms with Gasteiger partial charge in [-0.3, -0.25) is 0 Å². The third kappa shape index (κ3) is 2.23. The summed E-state index contributed by atoms with van der Waals surface area (Å²) in [5.74, 6) is 2.79. The molecule has 0 radical (unpaired) electrons. The predicted molar refractivity (Wildman–Crippen MR) is 74.1 cm³/mol. The van der Waals surface area contributed by atoms with E-state index >= 15 is 0 Å². The first-order valence-electron chi connectivity index (χ1n) is 6.99. The molecule has 1 aromatic rings. The zero-order valence-electron chi connectivity index (χ0n) is 11.1. The van der Waals surface area contributed by atoms with Gasteiger partial charge in [-0.2, -0.15) is 0 Å². The van der Waals surface area contributed by atoms with Gasteiger partial charge in [0.05, 0.1) is 11.7 Å². The standard InChI is InChI=1S/C13H21BrN4/c1-3-4-15-11(10-6-8-5-9(8)7-10)12-13(14)16-17-18(12)2/h8-11,15H,3-7H2,1-2H3. The van der Waals surface area contributed by atoms with Crippen molar-refractivity contribution in [3.8, 4) is 0 Å². The van der Waals surface area contributed by atoms with Gasteiger partial charge in [0.2, 0.25) is 0 Å². The van der Waals surface area contributed by atoms with Crippen LogP contribution in [0.4, 0.5) is 0 Å². The van der Waals surface area contributed by atoms with E-state index < -0.39 is 0 Å². The van der Waals surface area contributed by atoms with Crippen LogP contribution in [0.1, 0.15) is 44.3 Å². The van der Waals surface area contributed by atoms with E-state index in [1.54, 1.807) is 0 Å². The lowest BCUT2D eigenvalue weighted by Crippen LogP contribution is -2.30. The molecule has 2 aliphatic carbocycles. The largest absolute Gasteiger partial charge is 0.308 e. The first kappa shape index (κ1) is 12.6. The first-order valence-corrected chi connectivity index (χ1v) is 7.78. The van der Waals surface area contributed by atoms with Crippen molar-refractivity contribution in [1.29, 1.82) is 0 Å². The minimum absolute atomic E-state index is 0.409. The second-order valence-electron chi connectivity index (χ2n) is 5.81. The lowest BCUT2D eigenvalue weighted by Gasteiger charge is -2.26. The quantitative estimate of drug-likeness (QED) is 0.909. The lowest BCUT2D eigenvalue weighted by molar-refractivity contribution is 0.326. The third-order valence-electron chi connectivity index (χ3n) is 4.49. The number of nitrogens with zero attached hydrogens (tertiary/aromatic N) is 3. The molecule has 3 atom stereocenters. The topological polar surface area (TPSA) is 42.7 Å². The van der Waals surface area contributed by atoms with Crippen LogP contribution < -0.4 is 5.32 Å². The second kappa shape index (κ2) is 4.93. The number of fused-ring (bicyclic) bond motifs is 1. The Morgan fingerprint density at radius 2 is 2.11 bits per heavy atom. The minimum Gasteiger partial charge on any atom is -0.308 e. The molecule has 3 rings (SSSR count). The molecule has 1 N–H and O–H groups in total. The number of rotatable bonds is 5. The molecule has 0 aliphatic heterocycles. The molecule has 5 heteroatoms. The van der Waals surface area contributed by atoms with Crippen molar-refractivity contribution < 1.29 is 0 Å². The molecule has 1 aromatic heterocycles. The highest BCUT2D eigenvalue weighted by atomic mass is 79.9. The molecule has 3 unspecified atom stereocenters. The minimum atomic E-state index is 0.409. The maximum absolute atomic E-state index is 4.14. The van der Waals surface area contributed by atoms with Crippen molar-refractivity contribution in [1.82, 2.24) is 20.3 Å². The number of aromatic nitrogens is 3. The average molecular weight is 313 g/mol. The van der Waals surface area contributed by atoms with Gasteiger partial charge in [0, 0.05) is 7.05 Å². The zero-order valence-corrected chi connectivity index (χ0v) is 12.7. The zero-order chi connectivity index (χ0) is 12.7. The summed E-state index contributed by atoms with van der Waals surface area (Å²) in [5, 5.41) is 12.0. The lowest BCUT2D eigenvalue weighted by atomic mass is 9.92. The van der Waals surface area contributed by atoms with Crippen LogP contribution in [0.3, 0.4) is 0 Å². The summed E-state index contributed by atoms with van der Waals surface area (Å²) in [6.45, 7) is 3.28. The molecule has 18 heavy (non-hydrogen) atoms. The number of aryl methyl sites for hydroxylation is 1. The van der Waals surface area contributed by atoms with Crippen molar-refractivity contribution in [3.05, 3.63) is 10.3 Å². The molecule has 0 aromatic carbocycles. The Morgan fingerprint density at radius 1 is 1.39 bits per heavy atom. The Hall–Kier alpha value is -0.420. The van der Waals surface area contributed by atoms with Gasteiger partial charge in [0.25, 0.3) is 0 Å². The fraction of sp³-hybridized carbons (Fsp3) is 0.846. The highest BCUT2D eigenvalue weighted by Crippen LogP contribution is 2.57. The van der Waals surface area contributed by atoms with Gasteiger partial charge in [0.1, 0.15) is 0 Å². The monoisotopic (exact) mass is 312 g/mol. The van der Waals surface area contributed by atoms with Crippen LogP contribution in [-0.4, -0.2) is 21.5 Å². The molecule has 0 spiro atoms. The van der Waals surface area contributed by atoms with Crippen molar-refractivity contribution in [2.45, 2.75) is 38.6 Å². The van der Waals surface area contributed by atoms with Crippen LogP contribution >= 0.6 is 15.9 Å². The van der Waals surface area contributed by atoms with E-state index in [1.807, 2.05) is 11.7 Å². The number of nitrogens with one attached hydrogen (secondary N) is 1. The Bertz CT molecular complexity index is 401. The van der Waals surface area contributed by atoms with Crippen LogP contribution in [0.15, 0.2) is 4.60 Å². The van der Waals surface area contributed by atoms with Crippen LogP contribution in [0.25, 0.3) is 0 Å². The molecule has 2 fully saturated rings. The average Bonchev–Trinajstić information content (AvgIpc) is 2.83. The summed E-state index contributed by atoms with van der Waals surface area (Å²) in [5.41, 5.74) is 1.22. The SMILES string of the molecule is CCCNC(c1c(Br)nnn1C)C1CC2CC2C1. The van der Waals surface area contributed by atoms with E-state index in [-0.39, 0.29) is 0 Å². The Kier molecular flexibility index (Phi) is 3.45. The van der Waals surface area contributed by atoms with Crippen molar-refractivity contribution in [3.63, 3.8) is 0 Å².